The summed E-state index contributed by atoms with van der Waals surface area (Å²) >= 11 is 1.66. The van der Waals surface area contributed by atoms with E-state index in [4.69, 9.17) is 9.47 Å². The number of thiophene rings is 1. The van der Waals surface area contributed by atoms with Crippen molar-refractivity contribution in [1.29, 1.82) is 0 Å². The first kappa shape index (κ1) is 21.4. The van der Waals surface area contributed by atoms with Crippen molar-refractivity contribution in [3.8, 4) is 11.4 Å². The predicted octanol–water partition coefficient (Wildman–Crippen LogP) is 1.41. The molecule has 0 saturated carbocycles. The van der Waals surface area contributed by atoms with Crippen LogP contribution in [0.1, 0.15) is 29.7 Å². The van der Waals surface area contributed by atoms with Crippen molar-refractivity contribution in [2.75, 3.05) is 40.0 Å². The number of ether oxygens (including phenoxy) is 2. The number of morpholine rings is 1. The molecule has 1 aromatic carbocycles. The smallest absolute Gasteiger partial charge is 0.336 e. The molecular formula is C24H30N3O4S+. The summed E-state index contributed by atoms with van der Waals surface area (Å²) in [6.07, 6.45) is 5.35. The second kappa shape index (κ2) is 9.21. The van der Waals surface area contributed by atoms with Crippen LogP contribution in [-0.2, 0) is 24.1 Å². The summed E-state index contributed by atoms with van der Waals surface area (Å²) in [6, 6.07) is 7.16. The molecule has 170 valence electrons. The number of fused-ring (bicyclic) bond motifs is 3. The molecule has 1 saturated heterocycles. The largest absolute Gasteiger partial charge is 0.497 e. The van der Waals surface area contributed by atoms with Gasteiger partial charge in [0.15, 0.2) is 0 Å². The normalized spacial score (nSPS) is 17.3. The van der Waals surface area contributed by atoms with Gasteiger partial charge in [0.2, 0.25) is 0 Å². The van der Waals surface area contributed by atoms with Crippen molar-refractivity contribution in [2.45, 2.75) is 38.6 Å². The highest BCUT2D eigenvalue weighted by Crippen LogP contribution is 2.33. The lowest BCUT2D eigenvalue weighted by atomic mass is 10.1. The minimum absolute atomic E-state index is 0.190. The van der Waals surface area contributed by atoms with Gasteiger partial charge in [-0.15, -0.1) is 11.3 Å². The SMILES string of the molecule is COc1ccc(-n2c(=O)c3c4c(sc3n(CC[NH+]3CCOCC3)c2=O)CCCCC4)cc1. The number of methoxy groups -OCH3 is 1. The van der Waals surface area contributed by atoms with Crippen molar-refractivity contribution in [1.82, 2.24) is 9.13 Å². The quantitative estimate of drug-likeness (QED) is 0.590. The van der Waals surface area contributed by atoms with Crippen LogP contribution in [0.15, 0.2) is 33.9 Å². The molecule has 3 heterocycles. The van der Waals surface area contributed by atoms with E-state index in [9.17, 15) is 9.59 Å². The zero-order chi connectivity index (χ0) is 22.1. The Bertz CT molecular complexity index is 1220. The van der Waals surface area contributed by atoms with Crippen molar-refractivity contribution in [3.05, 3.63) is 55.5 Å². The molecule has 1 aliphatic heterocycles. The van der Waals surface area contributed by atoms with Crippen LogP contribution < -0.4 is 20.9 Å². The van der Waals surface area contributed by atoms with Gasteiger partial charge in [-0.05, 0) is 55.5 Å². The maximum Gasteiger partial charge on any atom is 0.336 e. The van der Waals surface area contributed by atoms with Gasteiger partial charge < -0.3 is 14.4 Å². The number of aromatic nitrogens is 2. The standard InChI is InChI=1S/C24H29N3O4S/c1-30-18-9-7-17(8-10-18)27-22(28)21-19-5-3-2-4-6-20(19)32-23(21)26(24(27)29)12-11-25-13-15-31-16-14-25/h7-10H,2-6,11-16H2,1H3/p+1. The summed E-state index contributed by atoms with van der Waals surface area (Å²) in [5, 5.41) is 0.749. The predicted molar refractivity (Wildman–Crippen MR) is 126 cm³/mol. The monoisotopic (exact) mass is 456 g/mol. The maximum absolute atomic E-state index is 13.7. The minimum atomic E-state index is -0.253. The van der Waals surface area contributed by atoms with Gasteiger partial charge in [-0.1, -0.05) is 6.42 Å². The fourth-order valence-corrected chi connectivity index (χ4v) is 6.28. The van der Waals surface area contributed by atoms with Crippen LogP contribution in [0.3, 0.4) is 0 Å². The fraction of sp³-hybridized carbons (Fsp3) is 0.500. The summed E-state index contributed by atoms with van der Waals surface area (Å²) in [6.45, 7) is 4.88. The molecule has 5 rings (SSSR count). The number of benzene rings is 1. The van der Waals surface area contributed by atoms with E-state index in [0.717, 1.165) is 68.7 Å². The van der Waals surface area contributed by atoms with Crippen molar-refractivity contribution >= 4 is 21.6 Å². The Morgan fingerprint density at radius 1 is 1.06 bits per heavy atom. The topological polar surface area (TPSA) is 66.9 Å². The molecule has 3 aromatic rings. The zero-order valence-electron chi connectivity index (χ0n) is 18.5. The van der Waals surface area contributed by atoms with Crippen LogP contribution in [0.5, 0.6) is 5.75 Å². The Labute approximate surface area is 190 Å². The average molecular weight is 457 g/mol. The van der Waals surface area contributed by atoms with Crippen molar-refractivity contribution in [2.24, 2.45) is 0 Å². The summed E-state index contributed by atoms with van der Waals surface area (Å²) < 4.78 is 13.9. The molecule has 0 spiro atoms. The van der Waals surface area contributed by atoms with Crippen LogP contribution in [0.4, 0.5) is 0 Å². The molecular weight excluding hydrogens is 426 g/mol. The molecule has 32 heavy (non-hydrogen) atoms. The number of nitrogens with one attached hydrogen (secondary N) is 1. The molecule has 2 aromatic heterocycles. The summed E-state index contributed by atoms with van der Waals surface area (Å²) in [5.41, 5.74) is 1.31. The molecule has 0 atom stereocenters. The molecule has 1 aliphatic carbocycles. The van der Waals surface area contributed by atoms with Crippen molar-refractivity contribution in [3.63, 3.8) is 0 Å². The highest BCUT2D eigenvalue weighted by Gasteiger charge is 2.24. The van der Waals surface area contributed by atoms with E-state index in [-0.39, 0.29) is 11.2 Å². The summed E-state index contributed by atoms with van der Waals surface area (Å²) in [5.74, 6) is 0.698. The van der Waals surface area contributed by atoms with E-state index in [1.165, 1.54) is 26.3 Å². The van der Waals surface area contributed by atoms with Gasteiger partial charge in [0, 0.05) is 4.88 Å². The number of quaternary nitrogens is 1. The third kappa shape index (κ3) is 3.91. The lowest BCUT2D eigenvalue weighted by molar-refractivity contribution is -0.908. The van der Waals surface area contributed by atoms with E-state index in [2.05, 4.69) is 0 Å². The van der Waals surface area contributed by atoms with Gasteiger partial charge in [0.25, 0.3) is 5.56 Å². The van der Waals surface area contributed by atoms with E-state index in [1.807, 2.05) is 4.57 Å². The molecule has 7 nitrogen and oxygen atoms in total. The Morgan fingerprint density at radius 2 is 1.81 bits per heavy atom. The van der Waals surface area contributed by atoms with Crippen LogP contribution in [0.25, 0.3) is 15.9 Å². The van der Waals surface area contributed by atoms with Gasteiger partial charge in [-0.2, -0.15) is 0 Å². The van der Waals surface area contributed by atoms with Crippen molar-refractivity contribution < 1.29 is 14.4 Å². The first-order chi connectivity index (χ1) is 15.7. The van der Waals surface area contributed by atoms with Crippen LogP contribution in [0.2, 0.25) is 0 Å². The second-order valence-corrected chi connectivity index (χ2v) is 9.71. The van der Waals surface area contributed by atoms with Crippen LogP contribution in [0, 0.1) is 0 Å². The first-order valence-electron chi connectivity index (χ1n) is 11.5. The third-order valence-electron chi connectivity index (χ3n) is 6.71. The van der Waals surface area contributed by atoms with Gasteiger partial charge >= 0.3 is 5.69 Å². The number of nitrogens with zero attached hydrogens (tertiary/aromatic N) is 2. The summed E-state index contributed by atoms with van der Waals surface area (Å²) in [7, 11) is 1.61. The first-order valence-corrected chi connectivity index (χ1v) is 12.3. The minimum Gasteiger partial charge on any atom is -0.497 e. The van der Waals surface area contributed by atoms with Gasteiger partial charge in [0.1, 0.15) is 23.7 Å². The highest BCUT2D eigenvalue weighted by molar-refractivity contribution is 7.18. The maximum atomic E-state index is 13.7. The fourth-order valence-electron chi connectivity index (χ4n) is 4.88. The third-order valence-corrected chi connectivity index (χ3v) is 8.02. The molecule has 0 unspecified atom stereocenters. The Kier molecular flexibility index (Phi) is 6.17. The number of rotatable bonds is 5. The second-order valence-electron chi connectivity index (χ2n) is 8.63. The van der Waals surface area contributed by atoms with E-state index < -0.39 is 0 Å². The van der Waals surface area contributed by atoms with Gasteiger partial charge in [-0.25, -0.2) is 9.36 Å². The Hall–Kier alpha value is -2.42. The molecule has 2 aliphatic rings. The number of hydrogen-bond acceptors (Lipinski definition) is 5. The number of hydrogen-bond donors (Lipinski definition) is 1. The van der Waals surface area contributed by atoms with Gasteiger partial charge in [-0.3, -0.25) is 9.36 Å². The molecule has 0 bridgehead atoms. The lowest BCUT2D eigenvalue weighted by Gasteiger charge is -2.24. The molecule has 8 heteroatoms. The van der Waals surface area contributed by atoms with E-state index >= 15 is 0 Å². The molecule has 0 radical (unpaired) electrons. The molecule has 1 fully saturated rings. The Balaban J connectivity index is 1.67. The Morgan fingerprint density at radius 3 is 2.56 bits per heavy atom. The lowest BCUT2D eigenvalue weighted by Crippen LogP contribution is -3.14. The van der Waals surface area contributed by atoms with E-state index in [0.29, 0.717) is 18.0 Å². The molecule has 1 N–H and O–H groups in total. The zero-order valence-corrected chi connectivity index (χ0v) is 19.3. The van der Waals surface area contributed by atoms with Gasteiger partial charge in [0.05, 0.1) is 44.5 Å². The van der Waals surface area contributed by atoms with Crippen LogP contribution in [-0.4, -0.2) is 49.1 Å². The molecule has 0 amide bonds. The average Bonchev–Trinajstić information content (AvgIpc) is 3.02. The highest BCUT2D eigenvalue weighted by atomic mass is 32.1. The number of aryl methyl sites for hydroxylation is 2. The van der Waals surface area contributed by atoms with E-state index in [1.54, 1.807) is 42.7 Å². The summed E-state index contributed by atoms with van der Waals surface area (Å²) in [4.78, 5) is 31.0. The van der Waals surface area contributed by atoms with Crippen LogP contribution >= 0.6 is 11.3 Å².